The smallest absolute Gasteiger partial charge is 0.103 e. The van der Waals surface area contributed by atoms with Crippen molar-refractivity contribution in [3.63, 3.8) is 0 Å². The Bertz CT molecular complexity index is 623. The minimum absolute atomic E-state index is 0.460. The van der Waals surface area contributed by atoms with Gasteiger partial charge in [0, 0.05) is 12.2 Å². The number of anilines is 1. The number of fused-ring (bicyclic) bond motifs is 1. The first kappa shape index (κ1) is 12.0. The third-order valence-electron chi connectivity index (χ3n) is 4.13. The van der Waals surface area contributed by atoms with Crippen LogP contribution in [0.25, 0.3) is 5.52 Å². The topological polar surface area (TPSA) is 53.1 Å². The molecule has 1 aliphatic carbocycles. The summed E-state index contributed by atoms with van der Waals surface area (Å²) in [4.78, 5) is 0. The van der Waals surface area contributed by atoms with Crippen LogP contribution in [0.15, 0.2) is 24.5 Å². The van der Waals surface area contributed by atoms with Crippen LogP contribution in [0.1, 0.15) is 38.2 Å². The minimum Gasteiger partial charge on any atom is -0.379 e. The quantitative estimate of drug-likeness (QED) is 0.895. The van der Waals surface area contributed by atoms with Gasteiger partial charge in [-0.05, 0) is 30.9 Å². The molecule has 0 bridgehead atoms. The van der Waals surface area contributed by atoms with Crippen molar-refractivity contribution in [3.05, 3.63) is 30.1 Å². The van der Waals surface area contributed by atoms with Crippen molar-refractivity contribution in [2.45, 2.75) is 38.6 Å². The molecule has 1 N–H and O–H groups in total. The van der Waals surface area contributed by atoms with Crippen LogP contribution in [-0.2, 0) is 0 Å². The Hall–Kier alpha value is -2.02. The van der Waals surface area contributed by atoms with Crippen molar-refractivity contribution in [3.8, 4) is 6.07 Å². The maximum atomic E-state index is 9.27. The molecular formula is C15H18N4. The molecule has 0 aromatic carbocycles. The van der Waals surface area contributed by atoms with E-state index in [-0.39, 0.29) is 0 Å². The molecule has 4 heteroatoms. The number of aromatic nitrogens is 2. The van der Waals surface area contributed by atoms with Crippen LogP contribution >= 0.6 is 0 Å². The molecule has 1 fully saturated rings. The van der Waals surface area contributed by atoms with Crippen molar-refractivity contribution in [1.82, 2.24) is 9.61 Å². The zero-order valence-electron chi connectivity index (χ0n) is 11.1. The van der Waals surface area contributed by atoms with Gasteiger partial charge in [0.25, 0.3) is 0 Å². The fourth-order valence-electron chi connectivity index (χ4n) is 2.95. The Morgan fingerprint density at radius 3 is 3.05 bits per heavy atom. The van der Waals surface area contributed by atoms with Gasteiger partial charge in [-0.15, -0.1) is 0 Å². The molecule has 2 unspecified atom stereocenters. The van der Waals surface area contributed by atoms with Crippen LogP contribution in [0, 0.1) is 17.2 Å². The van der Waals surface area contributed by atoms with Crippen LogP contribution in [-0.4, -0.2) is 15.7 Å². The van der Waals surface area contributed by atoms with Crippen molar-refractivity contribution >= 4 is 11.2 Å². The van der Waals surface area contributed by atoms with Gasteiger partial charge in [-0.2, -0.15) is 10.4 Å². The molecule has 98 valence electrons. The van der Waals surface area contributed by atoms with Gasteiger partial charge < -0.3 is 5.32 Å². The fraction of sp³-hybridized carbons (Fsp3) is 0.467. The Balaban J connectivity index is 1.98. The Morgan fingerprint density at radius 1 is 1.42 bits per heavy atom. The molecule has 3 rings (SSSR count). The van der Waals surface area contributed by atoms with E-state index in [0.717, 1.165) is 11.2 Å². The second-order valence-corrected chi connectivity index (χ2v) is 5.40. The molecule has 0 aliphatic heterocycles. The third-order valence-corrected chi connectivity index (χ3v) is 4.13. The number of nitriles is 1. The summed E-state index contributed by atoms with van der Waals surface area (Å²) in [6.45, 7) is 2.29. The van der Waals surface area contributed by atoms with E-state index in [1.165, 1.54) is 25.7 Å². The average Bonchev–Trinajstić information content (AvgIpc) is 2.90. The van der Waals surface area contributed by atoms with Gasteiger partial charge >= 0.3 is 0 Å². The maximum Gasteiger partial charge on any atom is 0.103 e. The summed E-state index contributed by atoms with van der Waals surface area (Å²) in [5.41, 5.74) is 2.54. The van der Waals surface area contributed by atoms with Crippen molar-refractivity contribution < 1.29 is 0 Å². The van der Waals surface area contributed by atoms with E-state index in [9.17, 15) is 5.26 Å². The highest BCUT2D eigenvalue weighted by Gasteiger charge is 2.22. The van der Waals surface area contributed by atoms with E-state index in [1.807, 2.05) is 22.8 Å². The molecule has 2 aromatic heterocycles. The first-order chi connectivity index (χ1) is 9.29. The summed E-state index contributed by atoms with van der Waals surface area (Å²) in [6.07, 6.45) is 8.59. The number of hydrogen-bond acceptors (Lipinski definition) is 3. The van der Waals surface area contributed by atoms with E-state index >= 15 is 0 Å². The highest BCUT2D eigenvalue weighted by molar-refractivity contribution is 5.77. The summed E-state index contributed by atoms with van der Waals surface area (Å²) in [5, 5.41) is 17.1. The van der Waals surface area contributed by atoms with Gasteiger partial charge in [-0.25, -0.2) is 4.52 Å². The molecule has 0 saturated heterocycles. The molecule has 19 heavy (non-hydrogen) atoms. The summed E-state index contributed by atoms with van der Waals surface area (Å²) in [5.74, 6) is 0.656. The fourth-order valence-corrected chi connectivity index (χ4v) is 2.95. The van der Waals surface area contributed by atoms with E-state index in [2.05, 4.69) is 23.4 Å². The molecule has 1 saturated carbocycles. The number of rotatable bonds is 2. The van der Waals surface area contributed by atoms with E-state index < -0.39 is 0 Å². The molecule has 2 aromatic rings. The Kier molecular flexibility index (Phi) is 3.12. The maximum absolute atomic E-state index is 9.27. The summed E-state index contributed by atoms with van der Waals surface area (Å²) < 4.78 is 1.82. The van der Waals surface area contributed by atoms with Crippen LogP contribution in [0.5, 0.6) is 0 Å². The number of nitrogens with zero attached hydrogens (tertiary/aromatic N) is 3. The van der Waals surface area contributed by atoms with Crippen molar-refractivity contribution in [1.29, 1.82) is 5.26 Å². The lowest BCUT2D eigenvalue weighted by Gasteiger charge is -2.30. The zero-order valence-corrected chi connectivity index (χ0v) is 11.1. The second kappa shape index (κ2) is 4.93. The first-order valence-electron chi connectivity index (χ1n) is 6.92. The lowest BCUT2D eigenvalue weighted by atomic mass is 9.85. The highest BCUT2D eigenvalue weighted by atomic mass is 15.2. The van der Waals surface area contributed by atoms with Crippen molar-refractivity contribution in [2.24, 2.45) is 5.92 Å². The van der Waals surface area contributed by atoms with Crippen LogP contribution in [0.2, 0.25) is 0 Å². The van der Waals surface area contributed by atoms with Gasteiger partial charge in [-0.1, -0.05) is 19.8 Å². The number of hydrogen-bond donors (Lipinski definition) is 1. The zero-order chi connectivity index (χ0) is 13.2. The average molecular weight is 254 g/mol. The van der Waals surface area contributed by atoms with E-state index in [0.29, 0.717) is 17.5 Å². The Morgan fingerprint density at radius 2 is 2.26 bits per heavy atom. The molecule has 0 radical (unpaired) electrons. The molecule has 0 spiro atoms. The van der Waals surface area contributed by atoms with Gasteiger partial charge in [0.2, 0.25) is 0 Å². The monoisotopic (exact) mass is 254 g/mol. The van der Waals surface area contributed by atoms with Gasteiger partial charge in [0.15, 0.2) is 0 Å². The van der Waals surface area contributed by atoms with E-state index in [1.54, 1.807) is 6.20 Å². The highest BCUT2D eigenvalue weighted by Crippen LogP contribution is 2.29. The van der Waals surface area contributed by atoms with Crippen LogP contribution < -0.4 is 5.32 Å². The molecule has 4 nitrogen and oxygen atoms in total. The Labute approximate surface area is 113 Å². The van der Waals surface area contributed by atoms with E-state index in [4.69, 9.17) is 0 Å². The van der Waals surface area contributed by atoms with Crippen molar-refractivity contribution in [2.75, 3.05) is 5.32 Å². The molecule has 1 aliphatic rings. The van der Waals surface area contributed by atoms with Crippen LogP contribution in [0.3, 0.4) is 0 Å². The summed E-state index contributed by atoms with van der Waals surface area (Å²) in [7, 11) is 0. The third kappa shape index (κ3) is 2.17. The summed E-state index contributed by atoms with van der Waals surface area (Å²) in [6, 6.07) is 6.66. The largest absolute Gasteiger partial charge is 0.379 e. The first-order valence-corrected chi connectivity index (χ1v) is 6.92. The predicted molar refractivity (Wildman–Crippen MR) is 74.9 cm³/mol. The molecular weight excluding hydrogens is 236 g/mol. The standard InChI is InChI=1S/C15H18N4/c1-11-5-2-3-6-13(11)18-15-12(9-16)10-17-19-8-4-7-14(15)19/h4,7-8,10-11,13,18H,2-3,5-6H2,1H3. The molecule has 0 amide bonds. The molecule has 2 heterocycles. The van der Waals surface area contributed by atoms with Gasteiger partial charge in [0.1, 0.15) is 6.07 Å². The van der Waals surface area contributed by atoms with Gasteiger partial charge in [0.05, 0.1) is 23.0 Å². The summed E-state index contributed by atoms with van der Waals surface area (Å²) >= 11 is 0. The minimum atomic E-state index is 0.460. The second-order valence-electron chi connectivity index (χ2n) is 5.40. The molecule has 2 atom stereocenters. The predicted octanol–water partition coefficient (Wildman–Crippen LogP) is 3.20. The lowest BCUT2D eigenvalue weighted by Crippen LogP contribution is -2.30. The SMILES string of the molecule is CC1CCCCC1Nc1c(C#N)cnn2cccc12. The van der Waals surface area contributed by atoms with Crippen LogP contribution in [0.4, 0.5) is 5.69 Å². The lowest BCUT2D eigenvalue weighted by molar-refractivity contribution is 0.349. The van der Waals surface area contributed by atoms with Gasteiger partial charge in [-0.3, -0.25) is 0 Å². The number of nitrogens with one attached hydrogen (secondary N) is 1. The normalized spacial score (nSPS) is 23.2.